The van der Waals surface area contributed by atoms with Crippen molar-refractivity contribution in [1.82, 2.24) is 4.98 Å². The van der Waals surface area contributed by atoms with Crippen molar-refractivity contribution in [2.24, 2.45) is 0 Å². The van der Waals surface area contributed by atoms with Gasteiger partial charge in [-0.25, -0.2) is 22.2 Å². The fourth-order valence-corrected chi connectivity index (χ4v) is 3.58. The molecule has 1 atom stereocenters. The zero-order chi connectivity index (χ0) is 18.0. The number of benzene rings is 1. The lowest BCUT2D eigenvalue weighted by Crippen LogP contribution is -2.44. The third-order valence-electron chi connectivity index (χ3n) is 3.81. The molecule has 1 aromatic heterocycles. The van der Waals surface area contributed by atoms with Crippen LogP contribution >= 0.6 is 0 Å². The van der Waals surface area contributed by atoms with Gasteiger partial charge in [0.05, 0.1) is 24.9 Å². The first kappa shape index (κ1) is 17.6. The van der Waals surface area contributed by atoms with Gasteiger partial charge in [-0.1, -0.05) is 0 Å². The minimum atomic E-state index is -4.00. The van der Waals surface area contributed by atoms with Crippen molar-refractivity contribution < 1.29 is 21.9 Å². The average Bonchev–Trinajstić information content (AvgIpc) is 2.54. The molecule has 0 radical (unpaired) electrons. The summed E-state index contributed by atoms with van der Waals surface area (Å²) < 4.78 is 58.6. The lowest BCUT2D eigenvalue weighted by Gasteiger charge is -2.34. The van der Waals surface area contributed by atoms with E-state index in [1.54, 1.807) is 6.07 Å². The van der Waals surface area contributed by atoms with Crippen molar-refractivity contribution >= 4 is 21.5 Å². The van der Waals surface area contributed by atoms with E-state index in [0.29, 0.717) is 31.6 Å². The first-order valence-corrected chi connectivity index (χ1v) is 9.13. The van der Waals surface area contributed by atoms with E-state index < -0.39 is 21.7 Å². The summed E-state index contributed by atoms with van der Waals surface area (Å²) in [4.78, 5) is 6.13. The van der Waals surface area contributed by atoms with E-state index in [1.807, 2.05) is 11.8 Å². The second kappa shape index (κ2) is 6.93. The van der Waals surface area contributed by atoms with Crippen molar-refractivity contribution in [2.45, 2.75) is 17.9 Å². The van der Waals surface area contributed by atoms with Crippen LogP contribution in [0, 0.1) is 11.6 Å². The summed E-state index contributed by atoms with van der Waals surface area (Å²) in [5.41, 5.74) is -0.191. The van der Waals surface area contributed by atoms with Gasteiger partial charge in [-0.2, -0.15) is 0 Å². The van der Waals surface area contributed by atoms with Crippen molar-refractivity contribution in [3.05, 3.63) is 48.2 Å². The standard InChI is InChI=1S/C16H17F2N3O3S/c1-11-10-24-5-4-21(11)16-3-2-15(9-19-16)25(22,23)20-14-7-12(17)6-13(18)8-14/h2-3,6-9,11,20H,4-5,10H2,1H3. The number of aromatic nitrogens is 1. The molecule has 0 spiro atoms. The smallest absolute Gasteiger partial charge is 0.263 e. The molecule has 1 unspecified atom stereocenters. The van der Waals surface area contributed by atoms with E-state index >= 15 is 0 Å². The van der Waals surface area contributed by atoms with Crippen LogP contribution in [0.1, 0.15) is 6.92 Å². The molecule has 1 aliphatic heterocycles. The zero-order valence-electron chi connectivity index (χ0n) is 13.4. The van der Waals surface area contributed by atoms with Crippen LogP contribution in [0.25, 0.3) is 0 Å². The molecular weight excluding hydrogens is 352 g/mol. The Bertz CT molecular complexity index is 839. The highest BCUT2D eigenvalue weighted by Gasteiger charge is 2.21. The molecule has 25 heavy (non-hydrogen) atoms. The third kappa shape index (κ3) is 4.05. The number of hydrogen-bond acceptors (Lipinski definition) is 5. The second-order valence-corrected chi connectivity index (χ2v) is 7.42. The fourth-order valence-electron chi connectivity index (χ4n) is 2.60. The summed E-state index contributed by atoms with van der Waals surface area (Å²) >= 11 is 0. The Morgan fingerprint density at radius 1 is 1.24 bits per heavy atom. The molecule has 2 aromatic rings. The molecule has 134 valence electrons. The molecule has 1 aromatic carbocycles. The normalized spacial score (nSPS) is 18.2. The van der Waals surface area contributed by atoms with Crippen molar-refractivity contribution in [3.63, 3.8) is 0 Å². The maximum absolute atomic E-state index is 13.2. The lowest BCUT2D eigenvalue weighted by molar-refractivity contribution is 0.0985. The molecule has 9 heteroatoms. The van der Waals surface area contributed by atoms with Gasteiger partial charge in [0.25, 0.3) is 10.0 Å². The quantitative estimate of drug-likeness (QED) is 0.896. The number of ether oxygens (including phenoxy) is 1. The highest BCUT2D eigenvalue weighted by Crippen LogP contribution is 2.21. The molecule has 0 saturated carbocycles. The molecule has 0 amide bonds. The molecular formula is C16H17F2N3O3S. The van der Waals surface area contributed by atoms with E-state index in [9.17, 15) is 17.2 Å². The fraction of sp³-hybridized carbons (Fsp3) is 0.312. The number of nitrogens with zero attached hydrogens (tertiary/aromatic N) is 2. The number of anilines is 2. The Hall–Kier alpha value is -2.26. The molecule has 2 heterocycles. The van der Waals surface area contributed by atoms with Gasteiger partial charge < -0.3 is 9.64 Å². The number of sulfonamides is 1. The SMILES string of the molecule is CC1COCCN1c1ccc(S(=O)(=O)Nc2cc(F)cc(F)c2)cn1. The Balaban J connectivity index is 1.80. The largest absolute Gasteiger partial charge is 0.377 e. The summed E-state index contributed by atoms with van der Waals surface area (Å²) in [5, 5.41) is 0. The van der Waals surface area contributed by atoms with Crippen LogP contribution in [0.2, 0.25) is 0 Å². The Labute approximate surface area is 144 Å². The molecule has 1 fully saturated rings. The first-order valence-electron chi connectivity index (χ1n) is 7.64. The topological polar surface area (TPSA) is 71.5 Å². The first-order chi connectivity index (χ1) is 11.8. The summed E-state index contributed by atoms with van der Waals surface area (Å²) in [5.74, 6) is -1.09. The summed E-state index contributed by atoms with van der Waals surface area (Å²) in [7, 11) is -4.00. The van der Waals surface area contributed by atoms with Crippen LogP contribution in [0.5, 0.6) is 0 Å². The third-order valence-corrected chi connectivity index (χ3v) is 5.17. The van der Waals surface area contributed by atoms with Crippen LogP contribution in [0.4, 0.5) is 20.3 Å². The summed E-state index contributed by atoms with van der Waals surface area (Å²) in [6.07, 6.45) is 1.22. The predicted molar refractivity (Wildman–Crippen MR) is 89.0 cm³/mol. The highest BCUT2D eigenvalue weighted by molar-refractivity contribution is 7.92. The number of nitrogens with one attached hydrogen (secondary N) is 1. The van der Waals surface area contributed by atoms with Gasteiger partial charge >= 0.3 is 0 Å². The Kier molecular flexibility index (Phi) is 4.87. The number of rotatable bonds is 4. The van der Waals surface area contributed by atoms with Crippen LogP contribution < -0.4 is 9.62 Å². The van der Waals surface area contributed by atoms with Crippen molar-refractivity contribution in [1.29, 1.82) is 0 Å². The van der Waals surface area contributed by atoms with Crippen LogP contribution in [-0.4, -0.2) is 39.2 Å². The van der Waals surface area contributed by atoms with Gasteiger partial charge in [-0.05, 0) is 31.2 Å². The molecule has 3 rings (SSSR count). The average molecular weight is 369 g/mol. The Morgan fingerprint density at radius 2 is 1.96 bits per heavy atom. The highest BCUT2D eigenvalue weighted by atomic mass is 32.2. The van der Waals surface area contributed by atoms with E-state index in [-0.39, 0.29) is 16.6 Å². The maximum atomic E-state index is 13.2. The molecule has 1 aliphatic rings. The summed E-state index contributed by atoms with van der Waals surface area (Å²) in [6, 6.07) is 5.61. The van der Waals surface area contributed by atoms with E-state index in [0.717, 1.165) is 12.1 Å². The molecule has 0 bridgehead atoms. The van der Waals surface area contributed by atoms with Gasteiger partial charge in [0.1, 0.15) is 22.3 Å². The van der Waals surface area contributed by atoms with Crippen molar-refractivity contribution in [3.8, 4) is 0 Å². The number of morpholine rings is 1. The predicted octanol–water partition coefficient (Wildman–Crippen LogP) is 2.39. The van der Waals surface area contributed by atoms with Crippen LogP contribution in [-0.2, 0) is 14.8 Å². The van der Waals surface area contributed by atoms with E-state index in [4.69, 9.17) is 4.74 Å². The van der Waals surface area contributed by atoms with Crippen molar-refractivity contribution in [2.75, 3.05) is 29.4 Å². The van der Waals surface area contributed by atoms with Gasteiger partial charge in [0.2, 0.25) is 0 Å². The van der Waals surface area contributed by atoms with Gasteiger partial charge in [-0.3, -0.25) is 4.72 Å². The molecule has 0 aliphatic carbocycles. The minimum absolute atomic E-state index is 0.0955. The maximum Gasteiger partial charge on any atom is 0.263 e. The minimum Gasteiger partial charge on any atom is -0.377 e. The van der Waals surface area contributed by atoms with E-state index in [1.165, 1.54) is 12.3 Å². The second-order valence-electron chi connectivity index (χ2n) is 5.73. The van der Waals surface area contributed by atoms with Gasteiger partial charge in [-0.15, -0.1) is 0 Å². The van der Waals surface area contributed by atoms with Gasteiger partial charge in [0.15, 0.2) is 0 Å². The molecule has 1 saturated heterocycles. The zero-order valence-corrected chi connectivity index (χ0v) is 14.3. The monoisotopic (exact) mass is 369 g/mol. The lowest BCUT2D eigenvalue weighted by atomic mass is 10.2. The number of hydrogen-bond donors (Lipinski definition) is 1. The molecule has 6 nitrogen and oxygen atoms in total. The van der Waals surface area contributed by atoms with Gasteiger partial charge in [0, 0.05) is 18.8 Å². The number of pyridine rings is 1. The number of halogens is 2. The van der Waals surface area contributed by atoms with Crippen LogP contribution in [0.3, 0.4) is 0 Å². The van der Waals surface area contributed by atoms with E-state index in [2.05, 4.69) is 9.71 Å². The Morgan fingerprint density at radius 3 is 2.56 bits per heavy atom. The summed E-state index contributed by atoms with van der Waals surface area (Å²) in [6.45, 7) is 3.82. The molecule has 1 N–H and O–H groups in total. The van der Waals surface area contributed by atoms with Crippen LogP contribution in [0.15, 0.2) is 41.4 Å².